The summed E-state index contributed by atoms with van der Waals surface area (Å²) in [5.41, 5.74) is 2.55. The lowest BCUT2D eigenvalue weighted by atomic mass is 10.0. The van der Waals surface area contributed by atoms with E-state index in [0.717, 1.165) is 30.8 Å². The molecule has 0 amide bonds. The predicted octanol–water partition coefficient (Wildman–Crippen LogP) is 4.73. The Kier molecular flexibility index (Phi) is 5.51. The quantitative estimate of drug-likeness (QED) is 0.562. The second kappa shape index (κ2) is 8.00. The fourth-order valence-corrected chi connectivity index (χ4v) is 4.05. The van der Waals surface area contributed by atoms with Crippen molar-refractivity contribution in [2.45, 2.75) is 26.9 Å². The van der Waals surface area contributed by atoms with Gasteiger partial charge in [0.25, 0.3) is 0 Å². The standard InChI is InChI=1S/C23H26F3N5/c1-15(2)14-29-9-11-30(12-10-29)19-13-17(4)27-22-20(18-7-5-16(3)6-8-18)21(23(24,25)26)28-31(19)22/h5-8,13H,1,9-12,14H2,2-4H3. The minimum absolute atomic E-state index is 0.0263. The number of benzene rings is 1. The van der Waals surface area contributed by atoms with E-state index >= 15 is 0 Å². The average molecular weight is 429 g/mol. The van der Waals surface area contributed by atoms with Crippen LogP contribution in [0.2, 0.25) is 0 Å². The van der Waals surface area contributed by atoms with Crippen LogP contribution in [0, 0.1) is 13.8 Å². The Morgan fingerprint density at radius 2 is 1.71 bits per heavy atom. The summed E-state index contributed by atoms with van der Waals surface area (Å²) in [6.07, 6.45) is -4.58. The third-order valence-electron chi connectivity index (χ3n) is 5.50. The number of hydrogen-bond acceptors (Lipinski definition) is 4. The van der Waals surface area contributed by atoms with Gasteiger partial charge in [0.2, 0.25) is 0 Å². The van der Waals surface area contributed by atoms with Crippen LogP contribution in [0.3, 0.4) is 0 Å². The summed E-state index contributed by atoms with van der Waals surface area (Å²) >= 11 is 0. The predicted molar refractivity (Wildman–Crippen MR) is 116 cm³/mol. The molecule has 164 valence electrons. The summed E-state index contributed by atoms with van der Waals surface area (Å²) < 4.78 is 43.3. The molecule has 4 rings (SSSR count). The molecule has 1 aliphatic rings. The molecule has 1 fully saturated rings. The van der Waals surface area contributed by atoms with Crippen LogP contribution in [0.5, 0.6) is 0 Å². The molecular weight excluding hydrogens is 403 g/mol. The smallest absolute Gasteiger partial charge is 0.354 e. The van der Waals surface area contributed by atoms with Crippen molar-refractivity contribution < 1.29 is 13.2 Å². The van der Waals surface area contributed by atoms with Crippen LogP contribution in [-0.4, -0.2) is 52.2 Å². The lowest BCUT2D eigenvalue weighted by Crippen LogP contribution is -2.47. The van der Waals surface area contributed by atoms with Gasteiger partial charge < -0.3 is 4.90 Å². The van der Waals surface area contributed by atoms with E-state index in [1.807, 2.05) is 19.9 Å². The van der Waals surface area contributed by atoms with Crippen molar-refractivity contribution in [3.63, 3.8) is 0 Å². The Labute approximate surface area is 179 Å². The molecule has 1 aromatic carbocycles. The average Bonchev–Trinajstić information content (AvgIpc) is 3.08. The molecule has 5 nitrogen and oxygen atoms in total. The summed E-state index contributed by atoms with van der Waals surface area (Å²) in [7, 11) is 0. The van der Waals surface area contributed by atoms with Gasteiger partial charge in [0.05, 0.1) is 5.56 Å². The zero-order valence-corrected chi connectivity index (χ0v) is 18.0. The maximum atomic E-state index is 14.0. The first kappa shape index (κ1) is 21.4. The highest BCUT2D eigenvalue weighted by molar-refractivity contribution is 5.81. The summed E-state index contributed by atoms with van der Waals surface area (Å²) in [6, 6.07) is 8.81. The van der Waals surface area contributed by atoms with Crippen LogP contribution < -0.4 is 4.90 Å². The molecule has 31 heavy (non-hydrogen) atoms. The topological polar surface area (TPSA) is 36.7 Å². The minimum atomic E-state index is -4.58. The van der Waals surface area contributed by atoms with Gasteiger partial charge in [0.15, 0.2) is 11.3 Å². The number of alkyl halides is 3. The molecule has 0 bridgehead atoms. The monoisotopic (exact) mass is 429 g/mol. The normalized spacial score (nSPS) is 15.6. The molecule has 3 aromatic rings. The minimum Gasteiger partial charge on any atom is -0.354 e. The molecular formula is C23H26F3N5. The molecule has 8 heteroatoms. The molecule has 0 unspecified atom stereocenters. The van der Waals surface area contributed by atoms with E-state index < -0.39 is 11.9 Å². The highest BCUT2D eigenvalue weighted by atomic mass is 19.4. The zero-order chi connectivity index (χ0) is 22.3. The van der Waals surface area contributed by atoms with Gasteiger partial charge in [0.1, 0.15) is 5.82 Å². The number of fused-ring (bicyclic) bond motifs is 1. The number of anilines is 1. The largest absolute Gasteiger partial charge is 0.435 e. The van der Waals surface area contributed by atoms with E-state index in [4.69, 9.17) is 0 Å². The lowest BCUT2D eigenvalue weighted by Gasteiger charge is -2.36. The molecule has 0 atom stereocenters. The van der Waals surface area contributed by atoms with Crippen molar-refractivity contribution in [2.75, 3.05) is 37.6 Å². The maximum Gasteiger partial charge on any atom is 0.435 e. The van der Waals surface area contributed by atoms with Crippen LogP contribution in [0.1, 0.15) is 23.9 Å². The molecule has 0 saturated carbocycles. The molecule has 1 saturated heterocycles. The second-order valence-electron chi connectivity index (χ2n) is 8.30. The van der Waals surface area contributed by atoms with Gasteiger partial charge in [-0.05, 0) is 26.3 Å². The van der Waals surface area contributed by atoms with Crippen molar-refractivity contribution in [1.29, 1.82) is 0 Å². The van der Waals surface area contributed by atoms with Gasteiger partial charge in [-0.15, -0.1) is 0 Å². The van der Waals surface area contributed by atoms with Crippen molar-refractivity contribution in [3.05, 3.63) is 59.4 Å². The summed E-state index contributed by atoms with van der Waals surface area (Å²) in [6.45, 7) is 13.5. The molecule has 1 aliphatic heterocycles. The van der Waals surface area contributed by atoms with Crippen molar-refractivity contribution in [3.8, 4) is 11.1 Å². The number of rotatable bonds is 4. The highest BCUT2D eigenvalue weighted by Crippen LogP contribution is 2.39. The molecule has 3 heterocycles. The summed E-state index contributed by atoms with van der Waals surface area (Å²) in [4.78, 5) is 8.85. The first-order valence-electron chi connectivity index (χ1n) is 10.3. The van der Waals surface area contributed by atoms with E-state index in [1.165, 1.54) is 4.52 Å². The van der Waals surface area contributed by atoms with Crippen LogP contribution in [0.15, 0.2) is 42.5 Å². The van der Waals surface area contributed by atoms with E-state index in [1.54, 1.807) is 31.2 Å². The third-order valence-corrected chi connectivity index (χ3v) is 5.50. The zero-order valence-electron chi connectivity index (χ0n) is 18.0. The Hall–Kier alpha value is -2.87. The Morgan fingerprint density at radius 3 is 2.29 bits per heavy atom. The molecule has 0 radical (unpaired) electrons. The number of halogens is 3. The first-order valence-corrected chi connectivity index (χ1v) is 10.3. The van der Waals surface area contributed by atoms with E-state index in [9.17, 15) is 13.2 Å². The Morgan fingerprint density at radius 1 is 1.06 bits per heavy atom. The Balaban J connectivity index is 1.82. The van der Waals surface area contributed by atoms with Gasteiger partial charge in [0, 0.05) is 44.5 Å². The molecule has 2 aromatic heterocycles. The van der Waals surface area contributed by atoms with Crippen LogP contribution in [0.25, 0.3) is 16.8 Å². The van der Waals surface area contributed by atoms with Gasteiger partial charge in [-0.1, -0.05) is 42.0 Å². The first-order chi connectivity index (χ1) is 14.6. The van der Waals surface area contributed by atoms with E-state index in [0.29, 0.717) is 30.2 Å². The van der Waals surface area contributed by atoms with Gasteiger partial charge in [-0.25, -0.2) is 4.98 Å². The summed E-state index contributed by atoms with van der Waals surface area (Å²) in [5, 5.41) is 4.03. The number of piperazine rings is 1. The van der Waals surface area contributed by atoms with Crippen molar-refractivity contribution >= 4 is 11.5 Å². The number of nitrogens with zero attached hydrogens (tertiary/aromatic N) is 5. The number of hydrogen-bond donors (Lipinski definition) is 0. The summed E-state index contributed by atoms with van der Waals surface area (Å²) in [5.74, 6) is 0.640. The third kappa shape index (κ3) is 4.30. The molecule has 0 aliphatic carbocycles. The SMILES string of the molecule is C=C(C)CN1CCN(c2cc(C)nc3c(-c4ccc(C)cc4)c(C(F)(F)F)nn23)CC1. The van der Waals surface area contributed by atoms with Crippen LogP contribution >= 0.6 is 0 Å². The molecule has 0 N–H and O–H groups in total. The van der Waals surface area contributed by atoms with E-state index in [-0.39, 0.29) is 11.2 Å². The number of aryl methyl sites for hydroxylation is 2. The fraction of sp³-hybridized carbons (Fsp3) is 0.391. The van der Waals surface area contributed by atoms with Gasteiger partial charge in [-0.3, -0.25) is 4.90 Å². The van der Waals surface area contributed by atoms with Gasteiger partial charge in [-0.2, -0.15) is 22.8 Å². The maximum absolute atomic E-state index is 14.0. The van der Waals surface area contributed by atoms with Gasteiger partial charge >= 0.3 is 6.18 Å². The van der Waals surface area contributed by atoms with Crippen LogP contribution in [-0.2, 0) is 6.18 Å². The fourth-order valence-electron chi connectivity index (χ4n) is 4.05. The molecule has 0 spiro atoms. The second-order valence-corrected chi connectivity index (χ2v) is 8.30. The lowest BCUT2D eigenvalue weighted by molar-refractivity contribution is -0.140. The van der Waals surface area contributed by atoms with Crippen molar-refractivity contribution in [2.24, 2.45) is 0 Å². The van der Waals surface area contributed by atoms with Crippen LogP contribution in [0.4, 0.5) is 19.0 Å². The van der Waals surface area contributed by atoms with E-state index in [2.05, 4.69) is 26.5 Å². The Bertz CT molecular complexity index is 1110. The number of aromatic nitrogens is 3. The highest BCUT2D eigenvalue weighted by Gasteiger charge is 2.39. The van der Waals surface area contributed by atoms with Crippen molar-refractivity contribution in [1.82, 2.24) is 19.5 Å².